The molecule has 0 saturated carbocycles. The molecule has 0 aliphatic carbocycles. The van der Waals surface area contributed by atoms with E-state index in [1.165, 1.54) is 0 Å². The summed E-state index contributed by atoms with van der Waals surface area (Å²) in [7, 11) is 0. The van der Waals surface area contributed by atoms with Gasteiger partial charge >= 0.3 is 0 Å². The molecule has 3 N–H and O–H groups in total. The zero-order valence-corrected chi connectivity index (χ0v) is 12.8. The van der Waals surface area contributed by atoms with E-state index in [1.807, 2.05) is 25.6 Å². The van der Waals surface area contributed by atoms with Gasteiger partial charge in [0.1, 0.15) is 5.84 Å². The quantitative estimate of drug-likeness (QED) is 0.643. The van der Waals surface area contributed by atoms with E-state index in [4.69, 9.17) is 11.1 Å². The number of aromatic nitrogens is 1. The predicted molar refractivity (Wildman–Crippen MR) is 83.5 cm³/mol. The minimum atomic E-state index is 0.109. The Morgan fingerprint density at radius 2 is 2.16 bits per heavy atom. The number of thioether (sulfide) groups is 1. The standard InChI is InChI=1S/C14H22N4S/c1-8-7-12(13(14(15)16)9(2)17-8)18-5-6-19-11(4)10(18)3/h7,10-11H,5-6H2,1-4H3,(H3,15,16). The first kappa shape index (κ1) is 14.2. The third-order valence-corrected chi connectivity index (χ3v) is 5.11. The third-order valence-electron chi connectivity index (χ3n) is 3.77. The van der Waals surface area contributed by atoms with Crippen molar-refractivity contribution in [3.05, 3.63) is 23.0 Å². The van der Waals surface area contributed by atoms with Crippen molar-refractivity contribution in [1.82, 2.24) is 4.98 Å². The van der Waals surface area contributed by atoms with Gasteiger partial charge < -0.3 is 10.6 Å². The van der Waals surface area contributed by atoms with Crippen molar-refractivity contribution in [2.24, 2.45) is 5.73 Å². The Labute approximate surface area is 119 Å². The molecule has 1 aromatic heterocycles. The number of aryl methyl sites for hydroxylation is 2. The molecular weight excluding hydrogens is 256 g/mol. The van der Waals surface area contributed by atoms with Crippen molar-refractivity contribution in [2.75, 3.05) is 17.2 Å². The topological polar surface area (TPSA) is 66.0 Å². The van der Waals surface area contributed by atoms with Gasteiger partial charge in [-0.2, -0.15) is 11.8 Å². The summed E-state index contributed by atoms with van der Waals surface area (Å²) in [5, 5.41) is 8.41. The first-order chi connectivity index (χ1) is 8.91. The van der Waals surface area contributed by atoms with Gasteiger partial charge in [0, 0.05) is 29.3 Å². The molecule has 2 heterocycles. The van der Waals surface area contributed by atoms with Gasteiger partial charge in [-0.1, -0.05) is 6.92 Å². The summed E-state index contributed by atoms with van der Waals surface area (Å²) in [5.41, 5.74) is 9.45. The Bertz CT molecular complexity index is 500. The lowest BCUT2D eigenvalue weighted by Crippen LogP contribution is -2.45. The van der Waals surface area contributed by atoms with Crippen LogP contribution in [0.15, 0.2) is 6.07 Å². The molecule has 104 valence electrons. The number of nitrogen functional groups attached to an aromatic ring is 1. The molecule has 1 saturated heterocycles. The maximum Gasteiger partial charge on any atom is 0.126 e. The lowest BCUT2D eigenvalue weighted by Gasteiger charge is -2.40. The molecule has 0 spiro atoms. The van der Waals surface area contributed by atoms with Crippen molar-refractivity contribution in [3.8, 4) is 0 Å². The summed E-state index contributed by atoms with van der Waals surface area (Å²) in [4.78, 5) is 6.82. The molecule has 0 amide bonds. The van der Waals surface area contributed by atoms with Crippen LogP contribution in [0.3, 0.4) is 0 Å². The van der Waals surface area contributed by atoms with Crippen LogP contribution >= 0.6 is 11.8 Å². The fraction of sp³-hybridized carbons (Fsp3) is 0.571. The van der Waals surface area contributed by atoms with Gasteiger partial charge in [-0.25, -0.2) is 0 Å². The normalized spacial score (nSPS) is 23.5. The number of amidine groups is 1. The van der Waals surface area contributed by atoms with Gasteiger partial charge in [0.2, 0.25) is 0 Å². The van der Waals surface area contributed by atoms with E-state index in [0.717, 1.165) is 34.9 Å². The molecule has 1 aliphatic heterocycles. The smallest absolute Gasteiger partial charge is 0.126 e. The summed E-state index contributed by atoms with van der Waals surface area (Å²) >= 11 is 2.01. The van der Waals surface area contributed by atoms with Crippen LogP contribution < -0.4 is 10.6 Å². The summed E-state index contributed by atoms with van der Waals surface area (Å²) in [5.74, 6) is 1.22. The van der Waals surface area contributed by atoms with E-state index >= 15 is 0 Å². The highest BCUT2D eigenvalue weighted by molar-refractivity contribution is 8.00. The predicted octanol–water partition coefficient (Wildman–Crippen LogP) is 2.31. The number of hydrogen-bond donors (Lipinski definition) is 2. The van der Waals surface area contributed by atoms with E-state index < -0.39 is 0 Å². The molecule has 2 unspecified atom stereocenters. The molecule has 1 fully saturated rings. The molecule has 2 rings (SSSR count). The molecule has 1 aromatic rings. The lowest BCUT2D eigenvalue weighted by atomic mass is 10.1. The first-order valence-corrected chi connectivity index (χ1v) is 7.67. The second-order valence-corrected chi connectivity index (χ2v) is 6.65. The summed E-state index contributed by atoms with van der Waals surface area (Å²) < 4.78 is 0. The fourth-order valence-corrected chi connectivity index (χ4v) is 3.74. The fourth-order valence-electron chi connectivity index (χ4n) is 2.64. The average molecular weight is 278 g/mol. The minimum Gasteiger partial charge on any atom is -0.384 e. The Kier molecular flexibility index (Phi) is 4.04. The van der Waals surface area contributed by atoms with Crippen molar-refractivity contribution in [3.63, 3.8) is 0 Å². The molecular formula is C14H22N4S. The Hall–Kier alpha value is -1.23. The zero-order valence-electron chi connectivity index (χ0n) is 12.0. The van der Waals surface area contributed by atoms with Crippen LogP contribution in [0.1, 0.15) is 30.8 Å². The van der Waals surface area contributed by atoms with Crippen molar-refractivity contribution >= 4 is 23.3 Å². The maximum absolute atomic E-state index is 7.83. The summed E-state index contributed by atoms with van der Waals surface area (Å²) in [6.07, 6.45) is 0. The molecule has 5 heteroatoms. The number of nitrogens with two attached hydrogens (primary N) is 1. The van der Waals surface area contributed by atoms with Gasteiger partial charge in [-0.3, -0.25) is 10.4 Å². The number of pyridine rings is 1. The van der Waals surface area contributed by atoms with Crippen LogP contribution in [0.25, 0.3) is 0 Å². The van der Waals surface area contributed by atoms with Crippen molar-refractivity contribution in [2.45, 2.75) is 39.0 Å². The Morgan fingerprint density at radius 1 is 1.47 bits per heavy atom. The van der Waals surface area contributed by atoms with Crippen LogP contribution in [0, 0.1) is 19.3 Å². The van der Waals surface area contributed by atoms with E-state index in [1.54, 1.807) is 0 Å². The molecule has 19 heavy (non-hydrogen) atoms. The molecule has 0 aromatic carbocycles. The highest BCUT2D eigenvalue weighted by Crippen LogP contribution is 2.32. The average Bonchev–Trinajstić information content (AvgIpc) is 2.31. The van der Waals surface area contributed by atoms with Gasteiger partial charge in [0.15, 0.2) is 0 Å². The van der Waals surface area contributed by atoms with E-state index in [0.29, 0.717) is 11.3 Å². The highest BCUT2D eigenvalue weighted by atomic mass is 32.2. The van der Waals surface area contributed by atoms with Crippen molar-refractivity contribution < 1.29 is 0 Å². The molecule has 2 atom stereocenters. The van der Waals surface area contributed by atoms with Gasteiger partial charge in [0.25, 0.3) is 0 Å². The monoisotopic (exact) mass is 278 g/mol. The Morgan fingerprint density at radius 3 is 2.79 bits per heavy atom. The number of rotatable bonds is 2. The summed E-state index contributed by atoms with van der Waals surface area (Å²) in [6, 6.07) is 2.50. The van der Waals surface area contributed by atoms with Crippen LogP contribution in [0.5, 0.6) is 0 Å². The molecule has 0 bridgehead atoms. The summed E-state index contributed by atoms with van der Waals surface area (Å²) in [6.45, 7) is 9.42. The molecule has 4 nitrogen and oxygen atoms in total. The molecule has 1 aliphatic rings. The van der Waals surface area contributed by atoms with Gasteiger partial charge in [-0.05, 0) is 26.8 Å². The van der Waals surface area contributed by atoms with Gasteiger partial charge in [-0.15, -0.1) is 0 Å². The van der Waals surface area contributed by atoms with Gasteiger partial charge in [0.05, 0.1) is 16.9 Å². The lowest BCUT2D eigenvalue weighted by molar-refractivity contribution is 0.626. The number of nitrogens with zero attached hydrogens (tertiary/aromatic N) is 2. The van der Waals surface area contributed by atoms with E-state index in [9.17, 15) is 0 Å². The highest BCUT2D eigenvalue weighted by Gasteiger charge is 2.28. The maximum atomic E-state index is 7.83. The van der Waals surface area contributed by atoms with E-state index in [-0.39, 0.29) is 5.84 Å². The zero-order chi connectivity index (χ0) is 14.2. The molecule has 0 radical (unpaired) electrons. The number of nitrogens with one attached hydrogen (secondary N) is 1. The SMILES string of the molecule is Cc1cc(N2CCSC(C)C2C)c(C(=N)N)c(C)n1. The van der Waals surface area contributed by atoms with Crippen LogP contribution in [-0.2, 0) is 0 Å². The van der Waals surface area contributed by atoms with Crippen LogP contribution in [-0.4, -0.2) is 34.4 Å². The second-order valence-electron chi connectivity index (χ2n) is 5.17. The Balaban J connectivity index is 2.51. The largest absolute Gasteiger partial charge is 0.384 e. The van der Waals surface area contributed by atoms with Crippen LogP contribution in [0.2, 0.25) is 0 Å². The van der Waals surface area contributed by atoms with Crippen LogP contribution in [0.4, 0.5) is 5.69 Å². The minimum absolute atomic E-state index is 0.109. The number of hydrogen-bond acceptors (Lipinski definition) is 4. The number of anilines is 1. The van der Waals surface area contributed by atoms with Crippen molar-refractivity contribution in [1.29, 1.82) is 5.41 Å². The second kappa shape index (κ2) is 5.41. The third kappa shape index (κ3) is 2.71. The van der Waals surface area contributed by atoms with E-state index in [2.05, 4.69) is 29.8 Å². The first-order valence-electron chi connectivity index (χ1n) is 6.62.